The summed E-state index contributed by atoms with van der Waals surface area (Å²) >= 11 is 0. The molecule has 110 valence electrons. The van der Waals surface area contributed by atoms with Crippen LogP contribution in [0, 0.1) is 5.92 Å². The summed E-state index contributed by atoms with van der Waals surface area (Å²) in [6.45, 7) is 0.137. The molecule has 6 heteroatoms. The minimum absolute atomic E-state index is 0.0787. The number of carbonyl (C=O) groups excluding carboxylic acids is 1. The van der Waals surface area contributed by atoms with Gasteiger partial charge in [-0.1, -0.05) is 30.3 Å². The molecule has 1 fully saturated rings. The molecule has 0 aliphatic heterocycles. The molecule has 2 rings (SSSR count). The Bertz CT molecular complexity index is 553. The van der Waals surface area contributed by atoms with Gasteiger partial charge in [0.15, 0.2) is 0 Å². The summed E-state index contributed by atoms with van der Waals surface area (Å²) in [5.74, 6) is 0.0540. The van der Waals surface area contributed by atoms with Crippen LogP contribution in [0.15, 0.2) is 30.3 Å². The first kappa shape index (κ1) is 15.0. The molecule has 1 saturated carbocycles. The summed E-state index contributed by atoms with van der Waals surface area (Å²) in [7, 11) is -1.91. The zero-order valence-corrected chi connectivity index (χ0v) is 12.3. The van der Waals surface area contributed by atoms with Crippen molar-refractivity contribution < 1.29 is 13.2 Å². The molecule has 0 spiro atoms. The van der Waals surface area contributed by atoms with Gasteiger partial charge in [-0.15, -0.1) is 0 Å². The van der Waals surface area contributed by atoms with Crippen LogP contribution in [0.2, 0.25) is 0 Å². The van der Waals surface area contributed by atoms with Crippen LogP contribution in [-0.4, -0.2) is 33.7 Å². The van der Waals surface area contributed by atoms with E-state index in [1.54, 1.807) is 0 Å². The minimum atomic E-state index is -3.27. The summed E-state index contributed by atoms with van der Waals surface area (Å²) in [4.78, 5) is 12.3. The Balaban J connectivity index is 1.95. The lowest BCUT2D eigenvalue weighted by Crippen LogP contribution is -2.36. The Morgan fingerprint density at radius 3 is 2.50 bits per heavy atom. The molecule has 20 heavy (non-hydrogen) atoms. The summed E-state index contributed by atoms with van der Waals surface area (Å²) < 4.78 is 24.8. The predicted molar refractivity (Wildman–Crippen MR) is 77.8 cm³/mol. The number of hydrogen-bond acceptors (Lipinski definition) is 3. The molecule has 0 aromatic heterocycles. The third-order valence-electron chi connectivity index (χ3n) is 3.52. The first-order chi connectivity index (χ1) is 9.53. The largest absolute Gasteiger partial charge is 0.354 e. The maximum atomic E-state index is 12.3. The standard InChI is InChI=1S/C14H20N2O3S/c1-15-20(18,19)10-9-16-14(17)13(12-7-8-12)11-5-3-2-4-6-11/h2-6,12-13,15H,7-10H2,1H3,(H,16,17). The Hall–Kier alpha value is -1.40. The molecule has 1 amide bonds. The quantitative estimate of drug-likeness (QED) is 0.783. The van der Waals surface area contributed by atoms with E-state index in [2.05, 4.69) is 10.0 Å². The van der Waals surface area contributed by atoms with E-state index in [0.717, 1.165) is 18.4 Å². The van der Waals surface area contributed by atoms with E-state index < -0.39 is 10.0 Å². The van der Waals surface area contributed by atoms with Crippen molar-refractivity contribution in [3.05, 3.63) is 35.9 Å². The fraction of sp³-hybridized carbons (Fsp3) is 0.500. The molecule has 1 unspecified atom stereocenters. The first-order valence-corrected chi connectivity index (χ1v) is 8.42. The number of amides is 1. The van der Waals surface area contributed by atoms with Crippen LogP contribution >= 0.6 is 0 Å². The Labute approximate surface area is 119 Å². The molecular formula is C14H20N2O3S. The number of hydrogen-bond donors (Lipinski definition) is 2. The molecule has 1 aliphatic rings. The fourth-order valence-corrected chi connectivity index (χ4v) is 2.82. The van der Waals surface area contributed by atoms with Gasteiger partial charge >= 0.3 is 0 Å². The van der Waals surface area contributed by atoms with Gasteiger partial charge < -0.3 is 5.32 Å². The van der Waals surface area contributed by atoms with Gasteiger partial charge in [0.2, 0.25) is 15.9 Å². The maximum Gasteiger partial charge on any atom is 0.227 e. The summed E-state index contributed by atoms with van der Waals surface area (Å²) in [5.41, 5.74) is 1.00. The maximum absolute atomic E-state index is 12.3. The van der Waals surface area contributed by atoms with Crippen molar-refractivity contribution in [2.24, 2.45) is 5.92 Å². The predicted octanol–water partition coefficient (Wildman–Crippen LogP) is 0.846. The lowest BCUT2D eigenvalue weighted by molar-refractivity contribution is -0.122. The number of rotatable bonds is 7. The minimum Gasteiger partial charge on any atom is -0.354 e. The van der Waals surface area contributed by atoms with Gasteiger partial charge in [-0.2, -0.15) is 0 Å². The van der Waals surface area contributed by atoms with Crippen molar-refractivity contribution in [1.29, 1.82) is 0 Å². The third kappa shape index (κ3) is 4.05. The molecule has 0 bridgehead atoms. The van der Waals surface area contributed by atoms with Gasteiger partial charge in [-0.05, 0) is 31.4 Å². The van der Waals surface area contributed by atoms with Crippen molar-refractivity contribution in [3.8, 4) is 0 Å². The zero-order chi connectivity index (χ0) is 14.6. The van der Waals surface area contributed by atoms with Crippen LogP contribution in [0.5, 0.6) is 0 Å². The van der Waals surface area contributed by atoms with E-state index in [-0.39, 0.29) is 24.1 Å². The zero-order valence-electron chi connectivity index (χ0n) is 11.5. The van der Waals surface area contributed by atoms with E-state index in [9.17, 15) is 13.2 Å². The Kier molecular flexibility index (Phi) is 4.77. The lowest BCUT2D eigenvalue weighted by Gasteiger charge is -2.16. The molecule has 1 aliphatic carbocycles. The highest BCUT2D eigenvalue weighted by molar-refractivity contribution is 7.89. The van der Waals surface area contributed by atoms with Gasteiger partial charge in [0, 0.05) is 6.54 Å². The Morgan fingerprint density at radius 2 is 1.95 bits per heavy atom. The van der Waals surface area contributed by atoms with Gasteiger partial charge in [0.1, 0.15) is 0 Å². The number of benzene rings is 1. The average Bonchev–Trinajstić information content (AvgIpc) is 3.25. The van der Waals surface area contributed by atoms with Crippen molar-refractivity contribution in [1.82, 2.24) is 10.0 Å². The normalized spacial score (nSPS) is 16.6. The molecule has 1 aromatic rings. The van der Waals surface area contributed by atoms with Gasteiger partial charge in [-0.3, -0.25) is 4.79 Å². The Morgan fingerprint density at radius 1 is 1.30 bits per heavy atom. The second-order valence-corrected chi connectivity index (χ2v) is 7.09. The van der Waals surface area contributed by atoms with E-state index in [1.807, 2.05) is 30.3 Å². The van der Waals surface area contributed by atoms with Gasteiger partial charge in [0.25, 0.3) is 0 Å². The van der Waals surface area contributed by atoms with Crippen LogP contribution in [-0.2, 0) is 14.8 Å². The van der Waals surface area contributed by atoms with E-state index >= 15 is 0 Å². The average molecular weight is 296 g/mol. The number of sulfonamides is 1. The van der Waals surface area contributed by atoms with Crippen molar-refractivity contribution >= 4 is 15.9 Å². The molecule has 0 radical (unpaired) electrons. The first-order valence-electron chi connectivity index (χ1n) is 6.77. The monoisotopic (exact) mass is 296 g/mol. The van der Waals surface area contributed by atoms with Crippen LogP contribution in [0.4, 0.5) is 0 Å². The van der Waals surface area contributed by atoms with Crippen molar-refractivity contribution in [2.45, 2.75) is 18.8 Å². The summed E-state index contributed by atoms with van der Waals surface area (Å²) in [6, 6.07) is 9.66. The SMILES string of the molecule is CNS(=O)(=O)CCNC(=O)C(c1ccccc1)C1CC1. The van der Waals surface area contributed by atoms with Gasteiger partial charge in [-0.25, -0.2) is 13.1 Å². The number of nitrogens with one attached hydrogen (secondary N) is 2. The lowest BCUT2D eigenvalue weighted by atomic mass is 9.93. The topological polar surface area (TPSA) is 75.3 Å². The molecule has 2 N–H and O–H groups in total. The molecule has 1 atom stereocenters. The second-order valence-electron chi connectivity index (χ2n) is 5.04. The van der Waals surface area contributed by atoms with E-state index in [4.69, 9.17) is 0 Å². The third-order valence-corrected chi connectivity index (χ3v) is 4.88. The van der Waals surface area contributed by atoms with Crippen LogP contribution < -0.4 is 10.0 Å². The fourth-order valence-electron chi connectivity index (χ4n) is 2.25. The summed E-state index contributed by atoms with van der Waals surface area (Å²) in [6.07, 6.45) is 2.11. The van der Waals surface area contributed by atoms with Crippen LogP contribution in [0.1, 0.15) is 24.3 Å². The molecule has 1 aromatic carbocycles. The highest BCUT2D eigenvalue weighted by Crippen LogP contribution is 2.42. The molecule has 0 heterocycles. The van der Waals surface area contributed by atoms with Crippen molar-refractivity contribution in [3.63, 3.8) is 0 Å². The van der Waals surface area contributed by atoms with Crippen molar-refractivity contribution in [2.75, 3.05) is 19.3 Å². The van der Waals surface area contributed by atoms with Crippen LogP contribution in [0.3, 0.4) is 0 Å². The van der Waals surface area contributed by atoms with E-state index in [0.29, 0.717) is 5.92 Å². The number of carbonyl (C=O) groups is 1. The molecule has 5 nitrogen and oxygen atoms in total. The smallest absolute Gasteiger partial charge is 0.227 e. The van der Waals surface area contributed by atoms with Crippen LogP contribution in [0.25, 0.3) is 0 Å². The molecular weight excluding hydrogens is 276 g/mol. The van der Waals surface area contributed by atoms with E-state index in [1.165, 1.54) is 7.05 Å². The van der Waals surface area contributed by atoms with Gasteiger partial charge in [0.05, 0.1) is 11.7 Å². The highest BCUT2D eigenvalue weighted by Gasteiger charge is 2.37. The summed E-state index contributed by atoms with van der Waals surface area (Å²) in [5, 5.41) is 2.73. The highest BCUT2D eigenvalue weighted by atomic mass is 32.2. The molecule has 0 saturated heterocycles. The second kappa shape index (κ2) is 6.37.